The van der Waals surface area contributed by atoms with Crippen molar-refractivity contribution in [2.45, 2.75) is 33.5 Å². The summed E-state index contributed by atoms with van der Waals surface area (Å²) in [5, 5.41) is 2.70. The van der Waals surface area contributed by atoms with Crippen LogP contribution in [0, 0.1) is 13.8 Å². The number of nitrogens with zero attached hydrogens (tertiary/aromatic N) is 3. The van der Waals surface area contributed by atoms with E-state index in [0.717, 1.165) is 11.3 Å². The SMILES string of the molecule is Cc1ccc(N)c(CNC(=O)Cn2c(C)cnc(NNC(=O)OCc3ccccc3)c2=O)n1. The van der Waals surface area contributed by atoms with Gasteiger partial charge in [-0.2, -0.15) is 0 Å². The van der Waals surface area contributed by atoms with Crippen LogP contribution in [0.25, 0.3) is 0 Å². The molecule has 172 valence electrons. The van der Waals surface area contributed by atoms with Crippen LogP contribution in [-0.4, -0.2) is 26.5 Å². The molecule has 0 aliphatic carbocycles. The van der Waals surface area contributed by atoms with E-state index >= 15 is 0 Å². The van der Waals surface area contributed by atoms with Crippen LogP contribution in [0.2, 0.25) is 0 Å². The highest BCUT2D eigenvalue weighted by atomic mass is 16.6. The molecule has 0 aliphatic rings. The lowest BCUT2D eigenvalue weighted by atomic mass is 10.2. The number of rotatable bonds is 8. The summed E-state index contributed by atoms with van der Waals surface area (Å²) in [6, 6.07) is 12.6. The van der Waals surface area contributed by atoms with Gasteiger partial charge in [0.25, 0.3) is 5.56 Å². The minimum absolute atomic E-state index is 0.0698. The Morgan fingerprint density at radius 2 is 1.88 bits per heavy atom. The Labute approximate surface area is 190 Å². The summed E-state index contributed by atoms with van der Waals surface area (Å²) in [5.74, 6) is -0.565. The first kappa shape index (κ1) is 23.3. The average Bonchev–Trinajstić information content (AvgIpc) is 2.81. The molecule has 2 heterocycles. The largest absolute Gasteiger partial charge is 0.443 e. The van der Waals surface area contributed by atoms with Gasteiger partial charge in [-0.3, -0.25) is 24.6 Å². The van der Waals surface area contributed by atoms with Crippen molar-refractivity contribution >= 4 is 23.5 Å². The number of aryl methyl sites for hydroxylation is 2. The number of aromatic nitrogens is 3. The molecule has 0 bridgehead atoms. The van der Waals surface area contributed by atoms with Gasteiger partial charge in [0.15, 0.2) is 0 Å². The minimum Gasteiger partial charge on any atom is -0.443 e. The zero-order valence-electron chi connectivity index (χ0n) is 18.3. The van der Waals surface area contributed by atoms with Crippen LogP contribution < -0.4 is 27.5 Å². The number of amides is 2. The van der Waals surface area contributed by atoms with E-state index in [-0.39, 0.29) is 25.5 Å². The van der Waals surface area contributed by atoms with Crippen LogP contribution in [0.3, 0.4) is 0 Å². The molecule has 3 aromatic rings. The summed E-state index contributed by atoms with van der Waals surface area (Å²) in [7, 11) is 0. The monoisotopic (exact) mass is 451 g/mol. The number of nitrogens with one attached hydrogen (secondary N) is 3. The first-order valence-corrected chi connectivity index (χ1v) is 10.1. The molecule has 0 fully saturated rings. The number of ether oxygens (including phenoxy) is 1. The lowest BCUT2D eigenvalue weighted by Crippen LogP contribution is -2.38. The number of nitrogens with two attached hydrogens (primary N) is 1. The van der Waals surface area contributed by atoms with Crippen LogP contribution in [0.4, 0.5) is 16.3 Å². The Balaban J connectivity index is 1.57. The van der Waals surface area contributed by atoms with E-state index in [2.05, 4.69) is 26.1 Å². The summed E-state index contributed by atoms with van der Waals surface area (Å²) in [6.45, 7) is 3.43. The van der Waals surface area contributed by atoms with Gasteiger partial charge in [0, 0.05) is 17.6 Å². The fourth-order valence-electron chi connectivity index (χ4n) is 2.87. The number of nitrogen functional groups attached to an aromatic ring is 1. The second-order valence-corrected chi connectivity index (χ2v) is 7.22. The van der Waals surface area contributed by atoms with Gasteiger partial charge in [0.1, 0.15) is 13.2 Å². The lowest BCUT2D eigenvalue weighted by molar-refractivity contribution is -0.121. The van der Waals surface area contributed by atoms with E-state index < -0.39 is 17.6 Å². The summed E-state index contributed by atoms with van der Waals surface area (Å²) in [6.07, 6.45) is 0.627. The number of hydrogen-bond donors (Lipinski definition) is 4. The van der Waals surface area contributed by atoms with E-state index in [4.69, 9.17) is 10.5 Å². The highest BCUT2D eigenvalue weighted by molar-refractivity contribution is 5.76. The Hall–Kier alpha value is -4.41. The molecule has 2 aromatic heterocycles. The van der Waals surface area contributed by atoms with E-state index in [0.29, 0.717) is 17.1 Å². The molecule has 0 spiro atoms. The molecule has 0 unspecified atom stereocenters. The Morgan fingerprint density at radius 1 is 1.12 bits per heavy atom. The Morgan fingerprint density at radius 3 is 2.64 bits per heavy atom. The van der Waals surface area contributed by atoms with Gasteiger partial charge in [-0.05, 0) is 31.5 Å². The van der Waals surface area contributed by atoms with E-state index in [1.54, 1.807) is 19.1 Å². The molecule has 0 saturated carbocycles. The van der Waals surface area contributed by atoms with Crippen LogP contribution in [-0.2, 0) is 29.2 Å². The molecule has 0 aliphatic heterocycles. The van der Waals surface area contributed by atoms with Gasteiger partial charge in [0.2, 0.25) is 11.7 Å². The number of anilines is 2. The minimum atomic E-state index is -0.784. The Kier molecular flexibility index (Phi) is 7.58. The van der Waals surface area contributed by atoms with Crippen LogP contribution in [0.15, 0.2) is 53.5 Å². The van der Waals surface area contributed by atoms with E-state index in [9.17, 15) is 14.4 Å². The molecule has 11 heteroatoms. The van der Waals surface area contributed by atoms with Crippen LogP contribution in [0.5, 0.6) is 0 Å². The summed E-state index contributed by atoms with van der Waals surface area (Å²) < 4.78 is 6.30. The van der Waals surface area contributed by atoms with Gasteiger partial charge in [0.05, 0.1) is 17.9 Å². The quantitative estimate of drug-likeness (QED) is 0.375. The van der Waals surface area contributed by atoms with Crippen molar-refractivity contribution in [2.24, 2.45) is 0 Å². The molecule has 0 radical (unpaired) electrons. The second kappa shape index (κ2) is 10.8. The summed E-state index contributed by atoms with van der Waals surface area (Å²) in [4.78, 5) is 45.3. The predicted octanol–water partition coefficient (Wildman–Crippen LogP) is 1.41. The van der Waals surface area contributed by atoms with Crippen LogP contribution >= 0.6 is 0 Å². The standard InChI is InChI=1S/C22H25N7O4/c1-14-8-9-17(23)18(26-14)11-24-19(30)12-29-15(2)10-25-20(21(29)31)27-28-22(32)33-13-16-6-4-3-5-7-16/h3-10H,11-13,23H2,1-2H3,(H,24,30)(H,25,27)(H,28,32). The number of hydrogen-bond acceptors (Lipinski definition) is 8. The highest BCUT2D eigenvalue weighted by Crippen LogP contribution is 2.09. The molecular weight excluding hydrogens is 426 g/mol. The maximum absolute atomic E-state index is 12.7. The van der Waals surface area contributed by atoms with Crippen molar-refractivity contribution < 1.29 is 14.3 Å². The molecule has 2 amide bonds. The smallest absolute Gasteiger partial charge is 0.426 e. The maximum Gasteiger partial charge on any atom is 0.426 e. The fraction of sp³-hybridized carbons (Fsp3) is 0.227. The zero-order valence-corrected chi connectivity index (χ0v) is 18.3. The third-order valence-corrected chi connectivity index (χ3v) is 4.65. The molecule has 1 aromatic carbocycles. The van der Waals surface area contributed by atoms with Crippen molar-refractivity contribution in [1.29, 1.82) is 0 Å². The predicted molar refractivity (Wildman–Crippen MR) is 122 cm³/mol. The van der Waals surface area contributed by atoms with E-state index in [1.165, 1.54) is 10.8 Å². The van der Waals surface area contributed by atoms with Crippen molar-refractivity contribution in [3.8, 4) is 0 Å². The number of benzene rings is 1. The third-order valence-electron chi connectivity index (χ3n) is 4.65. The molecule has 3 rings (SSSR count). The number of carbonyl (C=O) groups is 2. The topological polar surface area (TPSA) is 153 Å². The number of pyridine rings is 1. The molecule has 5 N–H and O–H groups in total. The normalized spacial score (nSPS) is 10.4. The summed E-state index contributed by atoms with van der Waals surface area (Å²) >= 11 is 0. The second-order valence-electron chi connectivity index (χ2n) is 7.22. The highest BCUT2D eigenvalue weighted by Gasteiger charge is 2.13. The van der Waals surface area contributed by atoms with Crippen molar-refractivity contribution in [3.05, 3.63) is 81.7 Å². The maximum atomic E-state index is 12.7. The van der Waals surface area contributed by atoms with Gasteiger partial charge in [-0.25, -0.2) is 15.2 Å². The number of carbonyl (C=O) groups excluding carboxylic acids is 2. The average molecular weight is 451 g/mol. The summed E-state index contributed by atoms with van der Waals surface area (Å²) in [5.41, 5.74) is 13.1. The van der Waals surface area contributed by atoms with Gasteiger partial charge in [-0.15, -0.1) is 0 Å². The fourth-order valence-corrected chi connectivity index (χ4v) is 2.87. The van der Waals surface area contributed by atoms with Gasteiger partial charge in [-0.1, -0.05) is 30.3 Å². The molecule has 33 heavy (non-hydrogen) atoms. The van der Waals surface area contributed by atoms with Gasteiger partial charge < -0.3 is 15.8 Å². The van der Waals surface area contributed by atoms with Crippen molar-refractivity contribution in [2.75, 3.05) is 11.2 Å². The van der Waals surface area contributed by atoms with Crippen molar-refractivity contribution in [3.63, 3.8) is 0 Å². The molecule has 0 saturated heterocycles. The zero-order chi connectivity index (χ0) is 23.8. The first-order chi connectivity index (χ1) is 15.8. The molecule has 11 nitrogen and oxygen atoms in total. The third kappa shape index (κ3) is 6.53. The number of hydrazine groups is 1. The van der Waals surface area contributed by atoms with Crippen LogP contribution in [0.1, 0.15) is 22.6 Å². The first-order valence-electron chi connectivity index (χ1n) is 10.1. The van der Waals surface area contributed by atoms with Gasteiger partial charge >= 0.3 is 6.09 Å². The Bertz CT molecular complexity index is 1200. The molecular formula is C22H25N7O4. The van der Waals surface area contributed by atoms with Crippen molar-refractivity contribution in [1.82, 2.24) is 25.3 Å². The van der Waals surface area contributed by atoms with E-state index in [1.807, 2.05) is 37.3 Å². The lowest BCUT2D eigenvalue weighted by Gasteiger charge is -2.13. The molecule has 0 atom stereocenters.